The number of nitro groups is 1. The molecular formula is C21H23N3O6. The van der Waals surface area contributed by atoms with Crippen LogP contribution < -0.4 is 5.32 Å². The number of morpholine rings is 1. The highest BCUT2D eigenvalue weighted by Crippen LogP contribution is 2.44. The number of carbonyl (C=O) groups is 2. The molecule has 1 aromatic rings. The number of benzene rings is 1. The molecule has 0 spiro atoms. The third-order valence-corrected chi connectivity index (χ3v) is 5.83. The highest BCUT2D eigenvalue weighted by atomic mass is 16.6. The summed E-state index contributed by atoms with van der Waals surface area (Å²) in [6.45, 7) is 3.55. The predicted octanol–water partition coefficient (Wildman–Crippen LogP) is 2.13. The Morgan fingerprint density at radius 3 is 2.73 bits per heavy atom. The molecule has 0 bridgehead atoms. The van der Waals surface area contributed by atoms with E-state index in [0.717, 1.165) is 5.70 Å². The fraction of sp³-hybridized carbons (Fsp3) is 0.429. The van der Waals surface area contributed by atoms with E-state index >= 15 is 0 Å². The number of Topliss-reactive ketones (excluding diaryl/α,β-unsaturated/α-hetero) is 1. The molecule has 1 aromatic carbocycles. The maximum Gasteiger partial charge on any atom is 0.310 e. The van der Waals surface area contributed by atoms with Gasteiger partial charge in [0.05, 0.1) is 18.1 Å². The zero-order chi connectivity index (χ0) is 21.4. The first kappa shape index (κ1) is 20.1. The second kappa shape index (κ2) is 7.91. The number of nitrogens with one attached hydrogen (secondary N) is 1. The Kier molecular flexibility index (Phi) is 5.29. The SMILES string of the molecule is CC1=C(C(=O)N2CCOCC2)C(c2ccc(O)c([N+](=O)[O-])c2)C2=C(CCCC2=O)N1. The molecule has 30 heavy (non-hydrogen) atoms. The van der Waals surface area contributed by atoms with Gasteiger partial charge in [-0.2, -0.15) is 0 Å². The van der Waals surface area contributed by atoms with Crippen LogP contribution in [-0.4, -0.2) is 52.9 Å². The van der Waals surface area contributed by atoms with Gasteiger partial charge in [0.2, 0.25) is 0 Å². The van der Waals surface area contributed by atoms with Crippen LogP contribution >= 0.6 is 0 Å². The second-order valence-electron chi connectivity index (χ2n) is 7.68. The highest BCUT2D eigenvalue weighted by molar-refractivity contribution is 6.05. The Labute approximate surface area is 173 Å². The van der Waals surface area contributed by atoms with E-state index in [4.69, 9.17) is 4.74 Å². The number of allylic oxidation sites excluding steroid dienone is 3. The summed E-state index contributed by atoms with van der Waals surface area (Å²) in [4.78, 5) is 38.8. The standard InChI is InChI=1S/C21H23N3O6/c1-12-18(21(27)23-7-9-30-10-8-23)19(20-14(22-12)3-2-4-17(20)26)13-5-6-16(25)15(11-13)24(28)29/h5-6,11,19,22,25H,2-4,7-10H2,1H3. The van der Waals surface area contributed by atoms with Gasteiger partial charge in [-0.1, -0.05) is 6.07 Å². The zero-order valence-corrected chi connectivity index (χ0v) is 16.6. The quantitative estimate of drug-likeness (QED) is 0.575. The van der Waals surface area contributed by atoms with Gasteiger partial charge in [-0.25, -0.2) is 0 Å². The number of ketones is 1. The van der Waals surface area contributed by atoms with E-state index < -0.39 is 22.3 Å². The summed E-state index contributed by atoms with van der Waals surface area (Å²) in [6.07, 6.45) is 1.76. The van der Waals surface area contributed by atoms with Crippen LogP contribution in [-0.2, 0) is 14.3 Å². The topological polar surface area (TPSA) is 122 Å². The third-order valence-electron chi connectivity index (χ3n) is 5.83. The normalized spacial score (nSPS) is 22.0. The number of rotatable bonds is 3. The lowest BCUT2D eigenvalue weighted by atomic mass is 9.74. The highest BCUT2D eigenvalue weighted by Gasteiger charge is 2.40. The van der Waals surface area contributed by atoms with Gasteiger partial charge < -0.3 is 20.1 Å². The van der Waals surface area contributed by atoms with Crippen LogP contribution in [0.5, 0.6) is 5.75 Å². The summed E-state index contributed by atoms with van der Waals surface area (Å²) < 4.78 is 5.34. The van der Waals surface area contributed by atoms with E-state index in [-0.39, 0.29) is 11.7 Å². The molecule has 0 radical (unpaired) electrons. The van der Waals surface area contributed by atoms with Gasteiger partial charge in [-0.05, 0) is 31.4 Å². The smallest absolute Gasteiger partial charge is 0.310 e. The number of phenolic OH excluding ortho intramolecular Hbond substituents is 1. The number of amides is 1. The van der Waals surface area contributed by atoms with Gasteiger partial charge >= 0.3 is 5.69 Å². The summed E-state index contributed by atoms with van der Waals surface area (Å²) in [5, 5.41) is 24.5. The lowest BCUT2D eigenvalue weighted by Crippen LogP contribution is -2.44. The van der Waals surface area contributed by atoms with Crippen molar-refractivity contribution in [1.29, 1.82) is 0 Å². The number of hydrogen-bond acceptors (Lipinski definition) is 7. The number of nitrogens with zero attached hydrogens (tertiary/aromatic N) is 2. The van der Waals surface area contributed by atoms with Crippen LogP contribution in [0, 0.1) is 10.1 Å². The minimum absolute atomic E-state index is 0.0655. The number of nitro benzene ring substituents is 1. The molecule has 0 saturated carbocycles. The average molecular weight is 413 g/mol. The van der Waals surface area contributed by atoms with Crippen molar-refractivity contribution in [2.45, 2.75) is 32.1 Å². The van der Waals surface area contributed by atoms with E-state index in [9.17, 15) is 24.8 Å². The molecule has 3 aliphatic rings. The molecule has 1 saturated heterocycles. The molecule has 9 nitrogen and oxygen atoms in total. The first-order valence-electron chi connectivity index (χ1n) is 9.97. The fourth-order valence-electron chi connectivity index (χ4n) is 4.40. The van der Waals surface area contributed by atoms with Crippen molar-refractivity contribution >= 4 is 17.4 Å². The number of hydrogen-bond donors (Lipinski definition) is 2. The number of dihydropyridines is 1. The van der Waals surface area contributed by atoms with E-state index in [2.05, 4.69) is 5.32 Å². The Morgan fingerprint density at radius 2 is 2.03 bits per heavy atom. The summed E-state index contributed by atoms with van der Waals surface area (Å²) in [5.74, 6) is -1.45. The Balaban J connectivity index is 1.86. The van der Waals surface area contributed by atoms with Crippen molar-refractivity contribution in [2.75, 3.05) is 26.3 Å². The van der Waals surface area contributed by atoms with Gasteiger partial charge in [0, 0.05) is 54.0 Å². The van der Waals surface area contributed by atoms with Gasteiger partial charge in [0.25, 0.3) is 5.91 Å². The van der Waals surface area contributed by atoms with Gasteiger partial charge in [-0.15, -0.1) is 0 Å². The summed E-state index contributed by atoms with van der Waals surface area (Å²) in [6, 6.07) is 4.05. The molecule has 1 amide bonds. The van der Waals surface area contributed by atoms with E-state index in [1.165, 1.54) is 12.1 Å². The molecule has 1 fully saturated rings. The Bertz CT molecular complexity index is 990. The first-order valence-corrected chi connectivity index (χ1v) is 9.97. The van der Waals surface area contributed by atoms with Crippen LogP contribution in [0.15, 0.2) is 40.7 Å². The number of aromatic hydroxyl groups is 1. The van der Waals surface area contributed by atoms with Gasteiger partial charge in [0.1, 0.15) is 0 Å². The average Bonchev–Trinajstić information content (AvgIpc) is 2.73. The molecule has 1 atom stereocenters. The monoisotopic (exact) mass is 413 g/mol. The van der Waals surface area contributed by atoms with Gasteiger partial charge in [0.15, 0.2) is 11.5 Å². The van der Waals surface area contributed by atoms with E-state index in [1.807, 2.05) is 0 Å². The van der Waals surface area contributed by atoms with Crippen LogP contribution in [0.4, 0.5) is 5.69 Å². The molecule has 2 N–H and O–H groups in total. The fourth-order valence-corrected chi connectivity index (χ4v) is 4.40. The van der Waals surface area contributed by atoms with Crippen LogP contribution in [0.3, 0.4) is 0 Å². The van der Waals surface area contributed by atoms with Crippen molar-refractivity contribution < 1.29 is 24.4 Å². The molecule has 158 valence electrons. The molecule has 4 rings (SSSR count). The van der Waals surface area contributed by atoms with E-state index in [0.29, 0.717) is 68.0 Å². The second-order valence-corrected chi connectivity index (χ2v) is 7.68. The molecule has 1 aliphatic carbocycles. The lowest BCUT2D eigenvalue weighted by molar-refractivity contribution is -0.385. The molecular weight excluding hydrogens is 390 g/mol. The zero-order valence-electron chi connectivity index (χ0n) is 16.6. The largest absolute Gasteiger partial charge is 0.502 e. The van der Waals surface area contributed by atoms with Crippen molar-refractivity contribution in [3.63, 3.8) is 0 Å². The number of carbonyl (C=O) groups excluding carboxylic acids is 2. The molecule has 0 aromatic heterocycles. The lowest BCUT2D eigenvalue weighted by Gasteiger charge is -2.37. The number of ether oxygens (including phenoxy) is 1. The van der Waals surface area contributed by atoms with Crippen LogP contribution in [0.1, 0.15) is 37.7 Å². The molecule has 1 unspecified atom stereocenters. The molecule has 2 aliphatic heterocycles. The van der Waals surface area contributed by atoms with Gasteiger partial charge in [-0.3, -0.25) is 19.7 Å². The van der Waals surface area contributed by atoms with Crippen molar-refractivity contribution in [3.05, 3.63) is 56.4 Å². The van der Waals surface area contributed by atoms with Crippen LogP contribution in [0.25, 0.3) is 0 Å². The number of phenols is 1. The van der Waals surface area contributed by atoms with Crippen molar-refractivity contribution in [3.8, 4) is 5.75 Å². The van der Waals surface area contributed by atoms with E-state index in [1.54, 1.807) is 17.9 Å². The molecule has 9 heteroatoms. The summed E-state index contributed by atoms with van der Waals surface area (Å²) in [5.41, 5.74) is 2.30. The Morgan fingerprint density at radius 1 is 1.30 bits per heavy atom. The maximum atomic E-state index is 13.5. The minimum Gasteiger partial charge on any atom is -0.502 e. The molecule has 2 heterocycles. The van der Waals surface area contributed by atoms with Crippen molar-refractivity contribution in [1.82, 2.24) is 10.2 Å². The summed E-state index contributed by atoms with van der Waals surface area (Å²) in [7, 11) is 0. The summed E-state index contributed by atoms with van der Waals surface area (Å²) >= 11 is 0. The van der Waals surface area contributed by atoms with Crippen molar-refractivity contribution in [2.24, 2.45) is 0 Å². The van der Waals surface area contributed by atoms with Crippen LogP contribution in [0.2, 0.25) is 0 Å². The Hall–Kier alpha value is -3.20. The third kappa shape index (κ3) is 3.45. The first-order chi connectivity index (χ1) is 14.4. The maximum absolute atomic E-state index is 13.5. The predicted molar refractivity (Wildman–Crippen MR) is 107 cm³/mol. The minimum atomic E-state index is -0.719.